The van der Waals surface area contributed by atoms with E-state index in [-0.39, 0.29) is 12.1 Å². The predicted octanol–water partition coefficient (Wildman–Crippen LogP) is 2.41. The van der Waals surface area contributed by atoms with Crippen LogP contribution in [0.1, 0.15) is 47.0 Å². The fraction of sp³-hybridized carbons (Fsp3) is 0.692. The highest BCUT2D eigenvalue weighted by Crippen LogP contribution is 2.35. The molecular weight excluding hydrogens is 218 g/mol. The van der Waals surface area contributed by atoms with Crippen LogP contribution in [0.4, 0.5) is 0 Å². The van der Waals surface area contributed by atoms with Gasteiger partial charge in [0.25, 0.3) is 0 Å². The maximum Gasteiger partial charge on any atom is 0.0743 e. The van der Waals surface area contributed by atoms with Crippen molar-refractivity contribution in [2.45, 2.75) is 50.7 Å². The molecule has 1 aromatic rings. The van der Waals surface area contributed by atoms with E-state index in [0.29, 0.717) is 0 Å². The molecule has 2 nitrogen and oxygen atoms in total. The highest BCUT2D eigenvalue weighted by Gasteiger charge is 2.27. The molecule has 1 aliphatic carbocycles. The Kier molecular flexibility index (Phi) is 3.01. The molecule has 0 aromatic carbocycles. The van der Waals surface area contributed by atoms with Crippen molar-refractivity contribution in [3.05, 3.63) is 21.4 Å². The third-order valence-electron chi connectivity index (χ3n) is 3.75. The van der Waals surface area contributed by atoms with Gasteiger partial charge in [-0.1, -0.05) is 0 Å². The van der Waals surface area contributed by atoms with Crippen LogP contribution in [0.5, 0.6) is 0 Å². The number of piperidine rings is 1. The van der Waals surface area contributed by atoms with Gasteiger partial charge in [0, 0.05) is 9.75 Å². The Morgan fingerprint density at radius 3 is 2.94 bits per heavy atom. The third kappa shape index (κ3) is 1.92. The summed E-state index contributed by atoms with van der Waals surface area (Å²) < 4.78 is 0. The molecule has 0 saturated carbocycles. The molecular formula is C13H19NOS. The van der Waals surface area contributed by atoms with Crippen molar-refractivity contribution in [2.24, 2.45) is 0 Å². The van der Waals surface area contributed by atoms with E-state index >= 15 is 0 Å². The Labute approximate surface area is 101 Å². The smallest absolute Gasteiger partial charge is 0.0743 e. The van der Waals surface area contributed by atoms with Crippen LogP contribution in [0.3, 0.4) is 0 Å². The molecule has 1 aliphatic heterocycles. The second-order valence-electron chi connectivity index (χ2n) is 4.95. The molecule has 88 valence electrons. The van der Waals surface area contributed by atoms with Crippen LogP contribution >= 0.6 is 11.3 Å². The van der Waals surface area contributed by atoms with Gasteiger partial charge in [0.15, 0.2) is 0 Å². The van der Waals surface area contributed by atoms with Gasteiger partial charge in [-0.3, -0.25) is 0 Å². The Balaban J connectivity index is 1.85. The lowest BCUT2D eigenvalue weighted by Gasteiger charge is -2.28. The predicted molar refractivity (Wildman–Crippen MR) is 66.9 cm³/mol. The van der Waals surface area contributed by atoms with E-state index in [1.807, 2.05) is 11.3 Å². The Hall–Kier alpha value is -0.380. The van der Waals surface area contributed by atoms with Crippen LogP contribution in [0.15, 0.2) is 6.07 Å². The zero-order valence-electron chi connectivity index (χ0n) is 9.54. The lowest BCUT2D eigenvalue weighted by molar-refractivity contribution is 0.0980. The largest absolute Gasteiger partial charge is 0.391 e. The third-order valence-corrected chi connectivity index (χ3v) is 5.07. The molecule has 16 heavy (non-hydrogen) atoms. The first-order chi connectivity index (χ1) is 7.84. The van der Waals surface area contributed by atoms with Crippen LogP contribution in [0, 0.1) is 0 Å². The molecule has 1 fully saturated rings. The molecule has 2 heterocycles. The fourth-order valence-electron chi connectivity index (χ4n) is 2.83. The van der Waals surface area contributed by atoms with Gasteiger partial charge in [0.1, 0.15) is 0 Å². The van der Waals surface area contributed by atoms with Crippen LogP contribution in [-0.2, 0) is 12.8 Å². The number of hydrogen-bond donors (Lipinski definition) is 2. The summed E-state index contributed by atoms with van der Waals surface area (Å²) >= 11 is 1.92. The van der Waals surface area contributed by atoms with Gasteiger partial charge < -0.3 is 10.4 Å². The highest BCUT2D eigenvalue weighted by atomic mass is 32.1. The zero-order valence-corrected chi connectivity index (χ0v) is 10.4. The number of hydrogen-bond acceptors (Lipinski definition) is 3. The SMILES string of the molecule is OC1CCCNC1c1cc2c(s1)CCCC2. The van der Waals surface area contributed by atoms with Crippen molar-refractivity contribution in [3.8, 4) is 0 Å². The highest BCUT2D eigenvalue weighted by molar-refractivity contribution is 7.12. The molecule has 1 aromatic heterocycles. The number of thiophene rings is 1. The second kappa shape index (κ2) is 4.47. The van der Waals surface area contributed by atoms with E-state index in [1.54, 1.807) is 10.4 Å². The van der Waals surface area contributed by atoms with E-state index in [9.17, 15) is 5.11 Å². The van der Waals surface area contributed by atoms with Gasteiger partial charge in [-0.2, -0.15) is 0 Å². The summed E-state index contributed by atoms with van der Waals surface area (Å²) in [5.41, 5.74) is 1.55. The molecule has 2 atom stereocenters. The van der Waals surface area contributed by atoms with Crippen LogP contribution < -0.4 is 5.32 Å². The van der Waals surface area contributed by atoms with Crippen LogP contribution in [-0.4, -0.2) is 17.8 Å². The van der Waals surface area contributed by atoms with Crippen molar-refractivity contribution in [1.82, 2.24) is 5.32 Å². The summed E-state index contributed by atoms with van der Waals surface area (Å²) in [6.07, 6.45) is 7.03. The summed E-state index contributed by atoms with van der Waals surface area (Å²) in [7, 11) is 0. The monoisotopic (exact) mass is 237 g/mol. The zero-order chi connectivity index (χ0) is 11.0. The van der Waals surface area contributed by atoms with Crippen LogP contribution in [0.25, 0.3) is 0 Å². The van der Waals surface area contributed by atoms with Gasteiger partial charge in [0.05, 0.1) is 12.1 Å². The van der Waals surface area contributed by atoms with Crippen molar-refractivity contribution >= 4 is 11.3 Å². The molecule has 3 heteroatoms. The molecule has 1 saturated heterocycles. The number of aliphatic hydroxyl groups is 1. The van der Waals surface area contributed by atoms with Gasteiger partial charge in [-0.25, -0.2) is 0 Å². The van der Waals surface area contributed by atoms with Gasteiger partial charge in [-0.15, -0.1) is 11.3 Å². The Morgan fingerprint density at radius 1 is 1.25 bits per heavy atom. The topological polar surface area (TPSA) is 32.3 Å². The maximum atomic E-state index is 10.0. The summed E-state index contributed by atoms with van der Waals surface area (Å²) in [6.45, 7) is 1.05. The van der Waals surface area contributed by atoms with Gasteiger partial charge >= 0.3 is 0 Å². The van der Waals surface area contributed by atoms with Gasteiger partial charge in [-0.05, 0) is 56.7 Å². The molecule has 0 radical (unpaired) electrons. The lowest BCUT2D eigenvalue weighted by atomic mass is 9.96. The fourth-order valence-corrected chi connectivity index (χ4v) is 4.22. The second-order valence-corrected chi connectivity index (χ2v) is 6.11. The minimum absolute atomic E-state index is 0.186. The molecule has 0 bridgehead atoms. The van der Waals surface area contributed by atoms with Crippen molar-refractivity contribution in [2.75, 3.05) is 6.54 Å². The minimum Gasteiger partial charge on any atom is -0.391 e. The summed E-state index contributed by atoms with van der Waals surface area (Å²) in [6, 6.07) is 2.54. The standard InChI is InChI=1S/C13H19NOS/c15-10-5-3-7-14-13(10)12-8-9-4-1-2-6-11(9)16-12/h8,10,13-15H,1-7H2. The number of aryl methyl sites for hydroxylation is 2. The average molecular weight is 237 g/mol. The summed E-state index contributed by atoms with van der Waals surface area (Å²) in [5, 5.41) is 13.5. The molecule has 2 aliphatic rings. The molecule has 2 unspecified atom stereocenters. The Morgan fingerprint density at radius 2 is 2.12 bits per heavy atom. The van der Waals surface area contributed by atoms with Crippen LogP contribution in [0.2, 0.25) is 0 Å². The first kappa shape index (κ1) is 10.8. The summed E-state index contributed by atoms with van der Waals surface area (Å²) in [5.74, 6) is 0. The molecule has 0 amide bonds. The normalized spacial score (nSPS) is 30.1. The number of fused-ring (bicyclic) bond motifs is 1. The van der Waals surface area contributed by atoms with Crippen molar-refractivity contribution in [3.63, 3.8) is 0 Å². The van der Waals surface area contributed by atoms with Crippen molar-refractivity contribution < 1.29 is 5.11 Å². The number of rotatable bonds is 1. The molecule has 3 rings (SSSR count). The number of nitrogens with one attached hydrogen (secondary N) is 1. The number of aliphatic hydroxyl groups excluding tert-OH is 1. The van der Waals surface area contributed by atoms with E-state index < -0.39 is 0 Å². The minimum atomic E-state index is -0.186. The van der Waals surface area contributed by atoms with E-state index in [1.165, 1.54) is 30.6 Å². The summed E-state index contributed by atoms with van der Waals surface area (Å²) in [4.78, 5) is 2.93. The first-order valence-corrected chi connectivity index (χ1v) is 7.19. The average Bonchev–Trinajstić information content (AvgIpc) is 2.73. The van der Waals surface area contributed by atoms with E-state index in [0.717, 1.165) is 19.4 Å². The van der Waals surface area contributed by atoms with Gasteiger partial charge in [0.2, 0.25) is 0 Å². The van der Waals surface area contributed by atoms with E-state index in [2.05, 4.69) is 11.4 Å². The lowest BCUT2D eigenvalue weighted by Crippen LogP contribution is -2.37. The van der Waals surface area contributed by atoms with Crippen molar-refractivity contribution in [1.29, 1.82) is 0 Å². The quantitative estimate of drug-likeness (QED) is 0.786. The maximum absolute atomic E-state index is 10.0. The molecule has 0 spiro atoms. The molecule has 2 N–H and O–H groups in total. The Bertz CT molecular complexity index is 351. The first-order valence-electron chi connectivity index (χ1n) is 6.37. The van der Waals surface area contributed by atoms with E-state index in [4.69, 9.17) is 0 Å².